The number of ether oxygens (including phenoxy) is 5. The zero-order valence-corrected chi connectivity index (χ0v) is 23.1. The summed E-state index contributed by atoms with van der Waals surface area (Å²) in [5.74, 6) is -7.60. The number of hydrogen-bond acceptors (Lipinski definition) is 10. The van der Waals surface area contributed by atoms with Crippen molar-refractivity contribution in [1.82, 2.24) is 0 Å². The Morgan fingerprint density at radius 2 is 1.85 bits per heavy atom. The van der Waals surface area contributed by atoms with Crippen LogP contribution in [0.25, 0.3) is 0 Å². The van der Waals surface area contributed by atoms with Gasteiger partial charge in [-0.05, 0) is 69.4 Å². The second-order valence-electron chi connectivity index (χ2n) is 13.6. The molecule has 2 N–H and O–H groups in total. The van der Waals surface area contributed by atoms with Crippen molar-refractivity contribution in [2.75, 3.05) is 0 Å². The second kappa shape index (κ2) is 7.54. The molecule has 11 heteroatoms. The highest BCUT2D eigenvalue weighted by atomic mass is 16.7. The zero-order chi connectivity index (χ0) is 28.8. The molecular weight excluding hydrogens is 524 g/mol. The minimum absolute atomic E-state index is 0.00264. The highest BCUT2D eigenvalue weighted by Gasteiger charge is 2.90. The summed E-state index contributed by atoms with van der Waals surface area (Å²) in [5, 5.41) is 23.0. The molecule has 5 saturated heterocycles. The maximum atomic E-state index is 13.9. The van der Waals surface area contributed by atoms with Gasteiger partial charge in [0.1, 0.15) is 17.8 Å². The smallest absolute Gasteiger partial charge is 0.339 e. The molecule has 0 aromatic rings. The maximum absolute atomic E-state index is 13.9. The molecule has 6 heterocycles. The summed E-state index contributed by atoms with van der Waals surface area (Å²) in [5.41, 5.74) is -4.59. The van der Waals surface area contributed by atoms with Crippen molar-refractivity contribution in [2.45, 2.75) is 95.1 Å². The molecule has 1 aliphatic carbocycles. The minimum Gasteiger partial charge on any atom is -0.481 e. The topological polar surface area (TPSA) is 155 Å². The largest absolute Gasteiger partial charge is 0.481 e. The van der Waals surface area contributed by atoms with E-state index in [-0.39, 0.29) is 31.1 Å². The lowest BCUT2D eigenvalue weighted by molar-refractivity contribution is -0.369. The highest BCUT2D eigenvalue weighted by molar-refractivity contribution is 5.92. The Labute approximate surface area is 230 Å². The molecule has 7 aliphatic rings. The van der Waals surface area contributed by atoms with Gasteiger partial charge in [-0.3, -0.25) is 14.4 Å². The van der Waals surface area contributed by atoms with Crippen LogP contribution >= 0.6 is 0 Å². The van der Waals surface area contributed by atoms with E-state index in [4.69, 9.17) is 23.7 Å². The molecule has 1 saturated carbocycles. The molecule has 2 spiro atoms. The number of esters is 3. The molecule has 11 atom stereocenters. The fourth-order valence-electron chi connectivity index (χ4n) is 9.45. The summed E-state index contributed by atoms with van der Waals surface area (Å²) >= 11 is 0. The highest BCUT2D eigenvalue weighted by Crippen LogP contribution is 2.73. The van der Waals surface area contributed by atoms with E-state index in [9.17, 15) is 29.4 Å². The van der Waals surface area contributed by atoms with Crippen LogP contribution in [0.3, 0.4) is 0 Å². The predicted octanol–water partition coefficient (Wildman–Crippen LogP) is 2.01. The number of carboxylic acids is 1. The van der Waals surface area contributed by atoms with Crippen molar-refractivity contribution in [1.29, 1.82) is 0 Å². The summed E-state index contributed by atoms with van der Waals surface area (Å²) in [6.07, 6.45) is 2.04. The SMILES string of the molecule is CC1=C/C(=C\[C@H](C)[C@@H]2[C@@H]3C(=O)O[C@]4(CC[C@]23C)[C@H](C(=O)O)[C@@H]2C[C@H]3C(C)(C)O[C@@H]5CC(=O)O[C@@]53[C@@]4(O)O2)OC1=O. The van der Waals surface area contributed by atoms with Gasteiger partial charge in [-0.15, -0.1) is 0 Å². The Morgan fingerprint density at radius 3 is 2.50 bits per heavy atom. The van der Waals surface area contributed by atoms with Crippen molar-refractivity contribution in [2.24, 2.45) is 35.0 Å². The Hall–Kier alpha value is -2.76. The van der Waals surface area contributed by atoms with Gasteiger partial charge in [0.05, 0.1) is 24.0 Å². The van der Waals surface area contributed by atoms with E-state index >= 15 is 0 Å². The van der Waals surface area contributed by atoms with Gasteiger partial charge in [-0.1, -0.05) is 13.8 Å². The Morgan fingerprint density at radius 1 is 1.12 bits per heavy atom. The molecule has 11 nitrogen and oxygen atoms in total. The number of aliphatic hydroxyl groups is 1. The molecule has 0 amide bonds. The molecular formula is C29H34O11. The van der Waals surface area contributed by atoms with E-state index in [2.05, 4.69) is 0 Å². The number of cyclic esters (lactones) is 1. The molecule has 2 bridgehead atoms. The average molecular weight is 559 g/mol. The average Bonchev–Trinajstić information content (AvgIpc) is 2.93. The van der Waals surface area contributed by atoms with Gasteiger partial charge >= 0.3 is 23.9 Å². The Bertz CT molecular complexity index is 1330. The fraction of sp³-hybridized carbons (Fsp3) is 0.724. The zero-order valence-electron chi connectivity index (χ0n) is 23.1. The summed E-state index contributed by atoms with van der Waals surface area (Å²) < 4.78 is 29.8. The first-order chi connectivity index (χ1) is 18.6. The number of carboxylic acid groups (broad SMARTS) is 1. The summed E-state index contributed by atoms with van der Waals surface area (Å²) in [6.45, 7) is 9.23. The van der Waals surface area contributed by atoms with Crippen molar-refractivity contribution in [3.63, 3.8) is 0 Å². The number of aliphatic carboxylic acids is 1. The van der Waals surface area contributed by atoms with Crippen LogP contribution in [0.2, 0.25) is 0 Å². The standard InChI is InChI=1S/C29H34O11/c1-12(8-14-9-13(2)23(33)36-14)19-21-24(34)40-27(7-6-26(19,21)5)20(22(31)32)15-10-16-25(3,4)38-17-11-18(30)39-28(16,17)29(27,35)37-15/h8-9,12,15-17,19-21,35H,6-7,10-11H2,1-5H3,(H,31,32)/b14-8+/t12-,15-,16-,17+,19+,20-,21+,26+,27+,28+,29-/m0/s1. The van der Waals surface area contributed by atoms with Crippen LogP contribution in [0.15, 0.2) is 23.5 Å². The fourth-order valence-corrected chi connectivity index (χ4v) is 9.45. The molecule has 6 aliphatic heterocycles. The Balaban J connectivity index is 1.27. The van der Waals surface area contributed by atoms with Crippen molar-refractivity contribution >= 4 is 23.9 Å². The lowest BCUT2D eigenvalue weighted by Gasteiger charge is -2.52. The van der Waals surface area contributed by atoms with Gasteiger partial charge in [-0.25, -0.2) is 4.79 Å². The Kier molecular flexibility index (Phi) is 4.93. The van der Waals surface area contributed by atoms with Crippen LogP contribution in [0.4, 0.5) is 0 Å². The molecule has 0 aromatic carbocycles. The van der Waals surface area contributed by atoms with Gasteiger partial charge in [-0.2, -0.15) is 0 Å². The lowest BCUT2D eigenvalue weighted by atomic mass is 9.65. The molecule has 216 valence electrons. The molecule has 40 heavy (non-hydrogen) atoms. The van der Waals surface area contributed by atoms with Gasteiger partial charge in [0.2, 0.25) is 5.60 Å². The number of hydrogen-bond donors (Lipinski definition) is 2. The van der Waals surface area contributed by atoms with Gasteiger partial charge in [0.15, 0.2) is 5.60 Å². The molecule has 0 radical (unpaired) electrons. The van der Waals surface area contributed by atoms with Crippen molar-refractivity contribution < 1.29 is 53.1 Å². The van der Waals surface area contributed by atoms with Crippen LogP contribution in [0, 0.1) is 35.0 Å². The monoisotopic (exact) mass is 558 g/mol. The number of fused-ring (bicyclic) bond motifs is 4. The lowest BCUT2D eigenvalue weighted by Crippen LogP contribution is -2.74. The van der Waals surface area contributed by atoms with Gasteiger partial charge in [0.25, 0.3) is 5.79 Å². The normalized spacial score (nSPS) is 51.3. The molecule has 6 fully saturated rings. The number of carbonyl (C=O) groups excluding carboxylic acids is 3. The maximum Gasteiger partial charge on any atom is 0.339 e. The second-order valence-corrected chi connectivity index (χ2v) is 13.6. The third kappa shape index (κ3) is 2.86. The van der Waals surface area contributed by atoms with Crippen LogP contribution in [0.5, 0.6) is 0 Å². The number of rotatable bonds is 3. The quantitative estimate of drug-likeness (QED) is 0.386. The van der Waals surface area contributed by atoms with E-state index < -0.39 is 81.8 Å². The predicted molar refractivity (Wildman–Crippen MR) is 132 cm³/mol. The number of carbonyl (C=O) groups is 4. The van der Waals surface area contributed by atoms with Crippen LogP contribution in [-0.2, 0) is 42.9 Å². The van der Waals surface area contributed by atoms with Gasteiger partial charge in [0, 0.05) is 11.5 Å². The first-order valence-electron chi connectivity index (χ1n) is 14.0. The van der Waals surface area contributed by atoms with E-state index in [1.165, 1.54) is 0 Å². The van der Waals surface area contributed by atoms with Crippen LogP contribution < -0.4 is 0 Å². The first-order valence-corrected chi connectivity index (χ1v) is 14.0. The van der Waals surface area contributed by atoms with Crippen LogP contribution in [0.1, 0.15) is 60.3 Å². The van der Waals surface area contributed by atoms with E-state index in [1.807, 2.05) is 33.8 Å². The molecule has 7 rings (SSSR count). The third-order valence-corrected chi connectivity index (χ3v) is 11.1. The molecule has 0 unspecified atom stereocenters. The van der Waals surface area contributed by atoms with E-state index in [1.54, 1.807) is 13.0 Å². The third-order valence-electron chi connectivity index (χ3n) is 11.1. The van der Waals surface area contributed by atoms with Crippen molar-refractivity contribution in [3.8, 4) is 0 Å². The van der Waals surface area contributed by atoms with E-state index in [0.29, 0.717) is 17.8 Å². The van der Waals surface area contributed by atoms with Crippen LogP contribution in [-0.4, -0.2) is 68.9 Å². The van der Waals surface area contributed by atoms with E-state index in [0.717, 1.165) is 0 Å². The summed E-state index contributed by atoms with van der Waals surface area (Å²) in [6, 6.07) is 0. The summed E-state index contributed by atoms with van der Waals surface area (Å²) in [4.78, 5) is 51.2. The van der Waals surface area contributed by atoms with Gasteiger partial charge < -0.3 is 33.9 Å². The number of allylic oxidation sites excluding steroid dienone is 2. The molecule has 0 aromatic heterocycles. The minimum atomic E-state index is -2.41. The first kappa shape index (κ1) is 26.2. The van der Waals surface area contributed by atoms with Crippen molar-refractivity contribution in [3.05, 3.63) is 23.5 Å². The summed E-state index contributed by atoms with van der Waals surface area (Å²) in [7, 11) is 0.